The molecule has 1 N–H and O–H groups in total. The van der Waals surface area contributed by atoms with E-state index in [1.165, 1.54) is 0 Å². The Kier molecular flexibility index (Phi) is 4.24. The Balaban J connectivity index is 1.84. The summed E-state index contributed by atoms with van der Waals surface area (Å²) in [7, 11) is 0. The van der Waals surface area contributed by atoms with Crippen molar-refractivity contribution in [3.8, 4) is 5.69 Å². The summed E-state index contributed by atoms with van der Waals surface area (Å²) in [5.41, 5.74) is 2.48. The fourth-order valence-corrected chi connectivity index (χ4v) is 2.82. The van der Waals surface area contributed by atoms with E-state index in [9.17, 15) is 4.79 Å². The van der Waals surface area contributed by atoms with Crippen LogP contribution in [-0.2, 0) is 17.6 Å². The zero-order valence-electron chi connectivity index (χ0n) is 12.1. The van der Waals surface area contributed by atoms with Crippen LogP contribution in [0.25, 0.3) is 5.69 Å². The second kappa shape index (κ2) is 6.48. The molecule has 2 aromatic heterocycles. The highest BCUT2D eigenvalue weighted by Gasteiger charge is 2.12. The molecule has 2 heterocycles. The van der Waals surface area contributed by atoms with E-state index in [0.29, 0.717) is 18.5 Å². The van der Waals surface area contributed by atoms with Gasteiger partial charge in [0, 0.05) is 6.42 Å². The van der Waals surface area contributed by atoms with Crippen molar-refractivity contribution in [2.45, 2.75) is 19.8 Å². The van der Waals surface area contributed by atoms with Crippen molar-refractivity contribution in [2.75, 3.05) is 5.32 Å². The van der Waals surface area contributed by atoms with Gasteiger partial charge < -0.3 is 5.32 Å². The summed E-state index contributed by atoms with van der Waals surface area (Å²) in [6.45, 7) is 1.99. The SMILES string of the molecule is CCc1nnnn1-c1ccccc1NC(=O)Cc1ccsc1. The van der Waals surface area contributed by atoms with Gasteiger partial charge >= 0.3 is 0 Å². The first kappa shape index (κ1) is 14.4. The summed E-state index contributed by atoms with van der Waals surface area (Å²) in [5, 5.41) is 18.6. The molecule has 0 fully saturated rings. The molecule has 3 rings (SSSR count). The Hall–Kier alpha value is -2.54. The Morgan fingerprint density at radius 1 is 1.32 bits per heavy atom. The Morgan fingerprint density at radius 2 is 2.18 bits per heavy atom. The first-order chi connectivity index (χ1) is 10.8. The van der Waals surface area contributed by atoms with E-state index in [1.807, 2.05) is 48.0 Å². The number of nitrogens with zero attached hydrogens (tertiary/aromatic N) is 4. The molecular weight excluding hydrogens is 298 g/mol. The molecule has 0 radical (unpaired) electrons. The van der Waals surface area contributed by atoms with Gasteiger partial charge in [-0.3, -0.25) is 4.79 Å². The van der Waals surface area contributed by atoms with Gasteiger partial charge in [-0.25, -0.2) is 0 Å². The van der Waals surface area contributed by atoms with Gasteiger partial charge in [0.1, 0.15) is 0 Å². The third kappa shape index (κ3) is 3.04. The molecule has 0 aliphatic carbocycles. The third-order valence-corrected chi connectivity index (χ3v) is 3.93. The van der Waals surface area contributed by atoms with Gasteiger partial charge in [-0.15, -0.1) is 5.10 Å². The van der Waals surface area contributed by atoms with Crippen LogP contribution >= 0.6 is 11.3 Å². The zero-order valence-corrected chi connectivity index (χ0v) is 12.9. The van der Waals surface area contributed by atoms with E-state index >= 15 is 0 Å². The number of tetrazole rings is 1. The van der Waals surface area contributed by atoms with E-state index in [-0.39, 0.29) is 5.91 Å². The van der Waals surface area contributed by atoms with Crippen LogP contribution in [0, 0.1) is 0 Å². The molecule has 0 saturated carbocycles. The summed E-state index contributed by atoms with van der Waals surface area (Å²) >= 11 is 1.58. The smallest absolute Gasteiger partial charge is 0.228 e. The molecule has 0 aliphatic heterocycles. The zero-order chi connectivity index (χ0) is 15.4. The van der Waals surface area contributed by atoms with Gasteiger partial charge in [0.15, 0.2) is 5.82 Å². The van der Waals surface area contributed by atoms with E-state index in [1.54, 1.807) is 16.0 Å². The number of benzene rings is 1. The number of hydrogen-bond acceptors (Lipinski definition) is 5. The first-order valence-electron chi connectivity index (χ1n) is 6.95. The van der Waals surface area contributed by atoms with Crippen LogP contribution in [0.3, 0.4) is 0 Å². The maximum absolute atomic E-state index is 12.2. The Labute approximate surface area is 131 Å². The quantitative estimate of drug-likeness (QED) is 0.785. The minimum Gasteiger partial charge on any atom is -0.324 e. The maximum Gasteiger partial charge on any atom is 0.228 e. The van der Waals surface area contributed by atoms with Crippen molar-refractivity contribution >= 4 is 22.9 Å². The lowest BCUT2D eigenvalue weighted by Gasteiger charge is -2.11. The van der Waals surface area contributed by atoms with E-state index in [0.717, 1.165) is 17.1 Å². The summed E-state index contributed by atoms with van der Waals surface area (Å²) in [6.07, 6.45) is 1.07. The molecule has 22 heavy (non-hydrogen) atoms. The molecule has 0 atom stereocenters. The number of carbonyl (C=O) groups excluding carboxylic acids is 1. The highest BCUT2D eigenvalue weighted by Crippen LogP contribution is 2.20. The lowest BCUT2D eigenvalue weighted by Crippen LogP contribution is -2.16. The number of anilines is 1. The lowest BCUT2D eigenvalue weighted by molar-refractivity contribution is -0.115. The van der Waals surface area contributed by atoms with Crippen LogP contribution in [0.2, 0.25) is 0 Å². The highest BCUT2D eigenvalue weighted by molar-refractivity contribution is 7.08. The highest BCUT2D eigenvalue weighted by atomic mass is 32.1. The number of para-hydroxylation sites is 2. The van der Waals surface area contributed by atoms with Crippen molar-refractivity contribution in [1.29, 1.82) is 0 Å². The van der Waals surface area contributed by atoms with Gasteiger partial charge in [-0.05, 0) is 44.9 Å². The van der Waals surface area contributed by atoms with Gasteiger partial charge in [-0.2, -0.15) is 16.0 Å². The van der Waals surface area contributed by atoms with Crippen LogP contribution in [0.4, 0.5) is 5.69 Å². The fraction of sp³-hybridized carbons (Fsp3) is 0.200. The van der Waals surface area contributed by atoms with Crippen molar-refractivity contribution in [3.63, 3.8) is 0 Å². The predicted octanol–water partition coefficient (Wildman–Crippen LogP) is 2.47. The second-order valence-electron chi connectivity index (χ2n) is 4.73. The van der Waals surface area contributed by atoms with Crippen molar-refractivity contribution < 1.29 is 4.79 Å². The van der Waals surface area contributed by atoms with E-state index in [4.69, 9.17) is 0 Å². The number of hydrogen-bond donors (Lipinski definition) is 1. The Morgan fingerprint density at radius 3 is 2.95 bits per heavy atom. The minimum absolute atomic E-state index is 0.0584. The fourth-order valence-electron chi connectivity index (χ4n) is 2.15. The number of nitrogens with one attached hydrogen (secondary N) is 1. The standard InChI is InChI=1S/C15H15N5OS/c1-2-14-17-18-19-20(14)13-6-4-3-5-12(13)16-15(21)9-11-7-8-22-10-11/h3-8,10H,2,9H2,1H3,(H,16,21). The number of amides is 1. The van der Waals surface area contributed by atoms with Gasteiger partial charge in [0.25, 0.3) is 0 Å². The molecule has 3 aromatic rings. The van der Waals surface area contributed by atoms with Gasteiger partial charge in [-0.1, -0.05) is 19.1 Å². The number of thiophene rings is 1. The van der Waals surface area contributed by atoms with E-state index < -0.39 is 0 Å². The maximum atomic E-state index is 12.2. The van der Waals surface area contributed by atoms with Crippen LogP contribution in [0.15, 0.2) is 41.1 Å². The molecule has 0 unspecified atom stereocenters. The van der Waals surface area contributed by atoms with E-state index in [2.05, 4.69) is 20.8 Å². The number of aryl methyl sites for hydroxylation is 1. The molecule has 0 aliphatic rings. The predicted molar refractivity (Wildman–Crippen MR) is 85.2 cm³/mol. The molecule has 6 nitrogen and oxygen atoms in total. The summed E-state index contributed by atoms with van der Waals surface area (Å²) in [6, 6.07) is 9.45. The van der Waals surface area contributed by atoms with Gasteiger partial charge in [0.2, 0.25) is 5.91 Å². The van der Waals surface area contributed by atoms with Crippen molar-refractivity contribution in [1.82, 2.24) is 20.2 Å². The first-order valence-corrected chi connectivity index (χ1v) is 7.89. The number of rotatable bonds is 5. The molecule has 0 spiro atoms. The number of aromatic nitrogens is 4. The summed E-state index contributed by atoms with van der Waals surface area (Å²) < 4.78 is 1.65. The van der Waals surface area contributed by atoms with Crippen molar-refractivity contribution in [2.24, 2.45) is 0 Å². The van der Waals surface area contributed by atoms with Crippen LogP contribution in [0.1, 0.15) is 18.3 Å². The molecule has 7 heteroatoms. The lowest BCUT2D eigenvalue weighted by atomic mass is 10.2. The van der Waals surface area contributed by atoms with Crippen molar-refractivity contribution in [3.05, 3.63) is 52.5 Å². The summed E-state index contributed by atoms with van der Waals surface area (Å²) in [5.74, 6) is 0.691. The number of carbonyl (C=O) groups is 1. The minimum atomic E-state index is -0.0584. The molecule has 0 bridgehead atoms. The monoisotopic (exact) mass is 313 g/mol. The summed E-state index contributed by atoms with van der Waals surface area (Å²) in [4.78, 5) is 12.2. The van der Waals surface area contributed by atoms with Gasteiger partial charge in [0.05, 0.1) is 17.8 Å². The molecular formula is C15H15N5OS. The topological polar surface area (TPSA) is 72.7 Å². The average Bonchev–Trinajstić information content (AvgIpc) is 3.18. The Bertz CT molecular complexity index is 766. The molecule has 0 saturated heterocycles. The average molecular weight is 313 g/mol. The van der Waals surface area contributed by atoms with Crippen LogP contribution in [-0.4, -0.2) is 26.1 Å². The molecule has 112 valence electrons. The molecule has 1 aromatic carbocycles. The molecule has 1 amide bonds. The second-order valence-corrected chi connectivity index (χ2v) is 5.51. The largest absolute Gasteiger partial charge is 0.324 e. The normalized spacial score (nSPS) is 10.6. The van der Waals surface area contributed by atoms with Crippen LogP contribution < -0.4 is 5.32 Å². The third-order valence-electron chi connectivity index (χ3n) is 3.20. The van der Waals surface area contributed by atoms with Crippen LogP contribution in [0.5, 0.6) is 0 Å².